The van der Waals surface area contributed by atoms with E-state index >= 15 is 0 Å². The van der Waals surface area contributed by atoms with Crippen LogP contribution in [0.5, 0.6) is 0 Å². The van der Waals surface area contributed by atoms with E-state index in [4.69, 9.17) is 11.6 Å². The molecule has 0 atom stereocenters. The lowest BCUT2D eigenvalue weighted by molar-refractivity contribution is 0.302. The molecule has 0 fully saturated rings. The molecule has 1 rings (SSSR count). The Kier molecular flexibility index (Phi) is 6.56. The minimum absolute atomic E-state index is 0.814. The first-order valence-electron chi connectivity index (χ1n) is 6.35. The van der Waals surface area contributed by atoms with E-state index in [-0.39, 0.29) is 0 Å². The van der Waals surface area contributed by atoms with Crippen molar-refractivity contribution in [1.29, 1.82) is 0 Å². The van der Waals surface area contributed by atoms with E-state index in [1.807, 2.05) is 12.1 Å². The number of likely N-dealkylation sites (N-methyl/N-ethyl adjacent to an activating group) is 1. The van der Waals surface area contributed by atoms with Crippen molar-refractivity contribution in [2.24, 2.45) is 0 Å². The predicted octanol–water partition coefficient (Wildman–Crippen LogP) is 3.08. The van der Waals surface area contributed by atoms with Gasteiger partial charge in [-0.05, 0) is 43.3 Å². The fourth-order valence-electron chi connectivity index (χ4n) is 1.86. The number of hydrogen-bond donors (Lipinski definition) is 1. The fraction of sp³-hybridized carbons (Fsp3) is 0.571. The molecule has 0 aliphatic rings. The lowest BCUT2D eigenvalue weighted by Crippen LogP contribution is -2.31. The molecule has 96 valence electrons. The van der Waals surface area contributed by atoms with Crippen LogP contribution in [0.25, 0.3) is 0 Å². The third kappa shape index (κ3) is 5.07. The second-order valence-electron chi connectivity index (χ2n) is 4.27. The van der Waals surface area contributed by atoms with Gasteiger partial charge in [0.1, 0.15) is 0 Å². The van der Waals surface area contributed by atoms with Crippen molar-refractivity contribution < 1.29 is 0 Å². The predicted molar refractivity (Wildman–Crippen MR) is 75.7 cm³/mol. The van der Waals surface area contributed by atoms with E-state index in [9.17, 15) is 0 Å². The van der Waals surface area contributed by atoms with Crippen molar-refractivity contribution in [3.05, 3.63) is 34.3 Å². The van der Waals surface area contributed by atoms with Gasteiger partial charge >= 0.3 is 0 Å². The van der Waals surface area contributed by atoms with Crippen LogP contribution in [0.15, 0.2) is 18.2 Å². The highest BCUT2D eigenvalue weighted by Gasteiger charge is 2.00. The molecule has 3 heteroatoms. The van der Waals surface area contributed by atoms with Crippen LogP contribution in [-0.2, 0) is 6.54 Å². The first kappa shape index (κ1) is 14.5. The normalized spacial score (nSPS) is 11.1. The SMILES string of the molecule is CCN(CC)CCNCc1ccc(Cl)cc1C. The maximum absolute atomic E-state index is 5.93. The Morgan fingerprint density at radius 1 is 1.24 bits per heavy atom. The van der Waals surface area contributed by atoms with Gasteiger partial charge in [0.05, 0.1) is 0 Å². The molecule has 0 radical (unpaired) electrons. The molecule has 0 aliphatic carbocycles. The van der Waals surface area contributed by atoms with E-state index in [0.29, 0.717) is 0 Å². The number of rotatable bonds is 7. The molecule has 1 aromatic carbocycles. The average Bonchev–Trinajstić information content (AvgIpc) is 2.32. The van der Waals surface area contributed by atoms with Crippen molar-refractivity contribution in [2.45, 2.75) is 27.3 Å². The number of nitrogens with one attached hydrogen (secondary N) is 1. The second kappa shape index (κ2) is 7.70. The molecule has 2 nitrogen and oxygen atoms in total. The molecule has 0 spiro atoms. The highest BCUT2D eigenvalue weighted by molar-refractivity contribution is 6.30. The van der Waals surface area contributed by atoms with Gasteiger partial charge in [0.2, 0.25) is 0 Å². The Balaban J connectivity index is 2.31. The summed E-state index contributed by atoms with van der Waals surface area (Å²) in [5, 5.41) is 4.29. The molecule has 0 amide bonds. The zero-order valence-corrected chi connectivity index (χ0v) is 11.8. The lowest BCUT2D eigenvalue weighted by Gasteiger charge is -2.18. The van der Waals surface area contributed by atoms with Gasteiger partial charge in [-0.25, -0.2) is 0 Å². The lowest BCUT2D eigenvalue weighted by atomic mass is 10.1. The minimum Gasteiger partial charge on any atom is -0.311 e. The fourth-order valence-corrected chi connectivity index (χ4v) is 2.08. The first-order chi connectivity index (χ1) is 8.17. The molecule has 0 unspecified atom stereocenters. The van der Waals surface area contributed by atoms with Crippen LogP contribution in [0.3, 0.4) is 0 Å². The Bertz CT molecular complexity index is 335. The van der Waals surface area contributed by atoms with Gasteiger partial charge in [-0.3, -0.25) is 0 Å². The zero-order valence-electron chi connectivity index (χ0n) is 11.1. The number of nitrogens with zero attached hydrogens (tertiary/aromatic N) is 1. The summed E-state index contributed by atoms with van der Waals surface area (Å²) in [5.41, 5.74) is 2.58. The van der Waals surface area contributed by atoms with Crippen molar-refractivity contribution in [1.82, 2.24) is 10.2 Å². The first-order valence-corrected chi connectivity index (χ1v) is 6.73. The number of benzene rings is 1. The molecule has 17 heavy (non-hydrogen) atoms. The Morgan fingerprint density at radius 3 is 2.53 bits per heavy atom. The van der Waals surface area contributed by atoms with Crippen LogP contribution >= 0.6 is 11.6 Å². The summed E-state index contributed by atoms with van der Waals surface area (Å²) in [6.07, 6.45) is 0. The van der Waals surface area contributed by atoms with Crippen molar-refractivity contribution >= 4 is 11.6 Å². The van der Waals surface area contributed by atoms with E-state index in [0.717, 1.165) is 37.7 Å². The van der Waals surface area contributed by atoms with Crippen molar-refractivity contribution in [2.75, 3.05) is 26.2 Å². The minimum atomic E-state index is 0.814. The summed E-state index contributed by atoms with van der Waals surface area (Å²) >= 11 is 5.93. The van der Waals surface area contributed by atoms with Crippen LogP contribution in [-0.4, -0.2) is 31.1 Å². The van der Waals surface area contributed by atoms with Gasteiger partial charge in [0.25, 0.3) is 0 Å². The Morgan fingerprint density at radius 2 is 1.94 bits per heavy atom. The van der Waals surface area contributed by atoms with Crippen molar-refractivity contribution in [3.8, 4) is 0 Å². The van der Waals surface area contributed by atoms with Crippen LogP contribution in [0.2, 0.25) is 5.02 Å². The summed E-state index contributed by atoms with van der Waals surface area (Å²) < 4.78 is 0. The molecular formula is C14H23ClN2. The van der Waals surface area contributed by atoms with Crippen molar-refractivity contribution in [3.63, 3.8) is 0 Å². The van der Waals surface area contributed by atoms with Gasteiger partial charge < -0.3 is 10.2 Å². The molecule has 0 saturated carbocycles. The van der Waals surface area contributed by atoms with Gasteiger partial charge in [0.15, 0.2) is 0 Å². The topological polar surface area (TPSA) is 15.3 Å². The van der Waals surface area contributed by atoms with Gasteiger partial charge in [-0.15, -0.1) is 0 Å². The summed E-state index contributed by atoms with van der Waals surface area (Å²) in [6.45, 7) is 11.8. The summed E-state index contributed by atoms with van der Waals surface area (Å²) in [4.78, 5) is 2.42. The number of aryl methyl sites for hydroxylation is 1. The molecule has 0 heterocycles. The summed E-state index contributed by atoms with van der Waals surface area (Å²) in [5.74, 6) is 0. The summed E-state index contributed by atoms with van der Waals surface area (Å²) in [7, 11) is 0. The molecule has 1 aromatic rings. The second-order valence-corrected chi connectivity index (χ2v) is 4.71. The average molecular weight is 255 g/mol. The standard InChI is InChI=1S/C14H23ClN2/c1-4-17(5-2)9-8-16-11-13-6-7-14(15)10-12(13)3/h6-7,10,16H,4-5,8-9,11H2,1-3H3. The highest BCUT2D eigenvalue weighted by atomic mass is 35.5. The van der Waals surface area contributed by atoms with Crippen LogP contribution in [0.4, 0.5) is 0 Å². The highest BCUT2D eigenvalue weighted by Crippen LogP contribution is 2.14. The number of hydrogen-bond acceptors (Lipinski definition) is 2. The largest absolute Gasteiger partial charge is 0.311 e. The molecular weight excluding hydrogens is 232 g/mol. The maximum Gasteiger partial charge on any atom is 0.0408 e. The monoisotopic (exact) mass is 254 g/mol. The van der Waals surface area contributed by atoms with E-state index in [2.05, 4.69) is 37.1 Å². The Hall–Kier alpha value is -0.570. The van der Waals surface area contributed by atoms with Crippen LogP contribution in [0, 0.1) is 6.92 Å². The van der Waals surface area contributed by atoms with E-state index in [1.54, 1.807) is 0 Å². The molecule has 1 N–H and O–H groups in total. The zero-order chi connectivity index (χ0) is 12.7. The van der Waals surface area contributed by atoms with Crippen LogP contribution in [0.1, 0.15) is 25.0 Å². The molecule has 0 aromatic heterocycles. The third-order valence-electron chi connectivity index (χ3n) is 3.12. The summed E-state index contributed by atoms with van der Waals surface area (Å²) in [6, 6.07) is 6.07. The smallest absolute Gasteiger partial charge is 0.0408 e. The molecule has 0 saturated heterocycles. The van der Waals surface area contributed by atoms with E-state index < -0.39 is 0 Å². The van der Waals surface area contributed by atoms with Gasteiger partial charge in [-0.2, -0.15) is 0 Å². The third-order valence-corrected chi connectivity index (χ3v) is 3.35. The van der Waals surface area contributed by atoms with Gasteiger partial charge in [-0.1, -0.05) is 31.5 Å². The van der Waals surface area contributed by atoms with E-state index in [1.165, 1.54) is 11.1 Å². The molecule has 0 aliphatic heterocycles. The van der Waals surface area contributed by atoms with Gasteiger partial charge in [0, 0.05) is 24.7 Å². The molecule has 0 bridgehead atoms. The Labute approximate surface area is 110 Å². The van der Waals surface area contributed by atoms with Crippen LogP contribution < -0.4 is 5.32 Å². The number of halogens is 1. The maximum atomic E-state index is 5.93. The quantitative estimate of drug-likeness (QED) is 0.753.